The number of anilines is 1. The van der Waals surface area contributed by atoms with E-state index in [1.165, 1.54) is 24.4 Å². The number of thiazole rings is 1. The van der Waals surface area contributed by atoms with Crippen LogP contribution in [0.2, 0.25) is 10.0 Å². The molecule has 3 aromatic rings. The minimum atomic E-state index is -3.96. The van der Waals surface area contributed by atoms with Crippen molar-refractivity contribution >= 4 is 50.1 Å². The Labute approximate surface area is 175 Å². The summed E-state index contributed by atoms with van der Waals surface area (Å²) in [5.41, 5.74) is 0.406. The third kappa shape index (κ3) is 4.63. The summed E-state index contributed by atoms with van der Waals surface area (Å²) >= 11 is 13.2. The molecule has 148 valence electrons. The number of aromatic nitrogens is 1. The van der Waals surface area contributed by atoms with Crippen LogP contribution in [0.4, 0.5) is 14.5 Å². The zero-order chi connectivity index (χ0) is 20.5. The lowest BCUT2D eigenvalue weighted by molar-refractivity contribution is 0.566. The monoisotopic (exact) mass is 462 g/mol. The van der Waals surface area contributed by atoms with E-state index in [0.717, 1.165) is 23.5 Å². The summed E-state index contributed by atoms with van der Waals surface area (Å²) in [4.78, 5) is 3.40. The Hall–Kier alpha value is -1.74. The Bertz CT molecular complexity index is 1110. The molecule has 0 unspecified atom stereocenters. The number of rotatable bonds is 6. The van der Waals surface area contributed by atoms with Crippen LogP contribution in [0.3, 0.4) is 0 Å². The molecule has 3 rings (SSSR count). The number of hydrogen-bond acceptors (Lipinski definition) is 5. The van der Waals surface area contributed by atoms with Crippen LogP contribution in [0.5, 0.6) is 0 Å². The van der Waals surface area contributed by atoms with Gasteiger partial charge in [0.1, 0.15) is 27.3 Å². The Morgan fingerprint density at radius 2 is 1.93 bits per heavy atom. The summed E-state index contributed by atoms with van der Waals surface area (Å²) in [5.74, 6) is -1.86. The summed E-state index contributed by atoms with van der Waals surface area (Å²) in [6, 6.07) is 5.53. The maximum absolute atomic E-state index is 14.6. The van der Waals surface area contributed by atoms with Gasteiger partial charge in [-0.15, -0.1) is 11.3 Å². The van der Waals surface area contributed by atoms with Gasteiger partial charge in [0.05, 0.1) is 16.8 Å². The molecule has 0 fully saturated rings. The molecule has 28 heavy (non-hydrogen) atoms. The average molecular weight is 463 g/mol. The minimum Gasteiger partial charge on any atom is -0.377 e. The van der Waals surface area contributed by atoms with E-state index < -0.39 is 38.2 Å². The molecule has 1 atom stereocenters. The van der Waals surface area contributed by atoms with Gasteiger partial charge in [0.2, 0.25) is 0 Å². The predicted octanol–water partition coefficient (Wildman–Crippen LogP) is 5.88. The van der Waals surface area contributed by atoms with Crippen LogP contribution in [-0.2, 0) is 15.6 Å². The summed E-state index contributed by atoms with van der Waals surface area (Å²) < 4.78 is 53.6. The molecule has 10 heteroatoms. The second-order valence-electron chi connectivity index (χ2n) is 5.98. The average Bonchev–Trinajstić information content (AvgIpc) is 3.11. The first-order chi connectivity index (χ1) is 13.2. The summed E-state index contributed by atoms with van der Waals surface area (Å²) in [6.07, 6.45) is 1.47. The molecule has 0 radical (unpaired) electrons. The molecular weight excluding hydrogens is 449 g/mol. The van der Waals surface area contributed by atoms with Crippen LogP contribution in [0.1, 0.15) is 23.5 Å². The van der Waals surface area contributed by atoms with Crippen molar-refractivity contribution in [2.24, 2.45) is 0 Å². The molecule has 2 aromatic carbocycles. The molecule has 0 aliphatic carbocycles. The van der Waals surface area contributed by atoms with Gasteiger partial charge in [-0.3, -0.25) is 0 Å². The summed E-state index contributed by atoms with van der Waals surface area (Å²) in [6.45, 7) is 1.65. The van der Waals surface area contributed by atoms with Gasteiger partial charge < -0.3 is 5.32 Å². The van der Waals surface area contributed by atoms with Crippen LogP contribution in [0, 0.1) is 11.6 Å². The second kappa shape index (κ2) is 8.32. The first kappa shape index (κ1) is 21.0. The standard InChI is InChI=1S/C18H14Cl2F2N2O2S2/c1-10(12-6-11(19)2-3-14(12)21)24-16-8-15(22)17(7-13(16)20)28(25,26)9-18-23-4-5-27-18/h2-8,10,24H,9H2,1H3/t10-/m0/s1. The third-order valence-electron chi connectivity index (χ3n) is 3.95. The van der Waals surface area contributed by atoms with Crippen molar-refractivity contribution in [3.05, 3.63) is 74.2 Å². The molecule has 4 nitrogen and oxygen atoms in total. The number of benzene rings is 2. The van der Waals surface area contributed by atoms with E-state index >= 15 is 0 Å². The maximum atomic E-state index is 14.6. The minimum absolute atomic E-state index is 0.00611. The molecule has 0 bridgehead atoms. The predicted molar refractivity (Wildman–Crippen MR) is 108 cm³/mol. The van der Waals surface area contributed by atoms with E-state index in [2.05, 4.69) is 10.3 Å². The quantitative estimate of drug-likeness (QED) is 0.497. The van der Waals surface area contributed by atoms with Crippen molar-refractivity contribution in [1.82, 2.24) is 4.98 Å². The van der Waals surface area contributed by atoms with Crippen molar-refractivity contribution in [2.75, 3.05) is 5.32 Å². The van der Waals surface area contributed by atoms with Crippen molar-refractivity contribution in [3.8, 4) is 0 Å². The van der Waals surface area contributed by atoms with Gasteiger partial charge in [0.25, 0.3) is 0 Å². The second-order valence-corrected chi connectivity index (χ2v) is 9.76. The first-order valence-corrected chi connectivity index (χ1v) is 11.3. The maximum Gasteiger partial charge on any atom is 0.187 e. The van der Waals surface area contributed by atoms with E-state index in [0.29, 0.717) is 10.0 Å². The highest BCUT2D eigenvalue weighted by molar-refractivity contribution is 7.90. The molecule has 0 saturated carbocycles. The van der Waals surface area contributed by atoms with Gasteiger partial charge in [-0.25, -0.2) is 22.2 Å². The summed E-state index contributed by atoms with van der Waals surface area (Å²) in [5, 5.41) is 5.22. The zero-order valence-electron chi connectivity index (χ0n) is 14.4. The zero-order valence-corrected chi connectivity index (χ0v) is 17.6. The van der Waals surface area contributed by atoms with Crippen LogP contribution in [-0.4, -0.2) is 13.4 Å². The summed E-state index contributed by atoms with van der Waals surface area (Å²) in [7, 11) is -3.96. The molecular formula is C18H14Cl2F2N2O2S2. The van der Waals surface area contributed by atoms with Crippen molar-refractivity contribution in [1.29, 1.82) is 0 Å². The van der Waals surface area contributed by atoms with Crippen LogP contribution in [0.15, 0.2) is 46.8 Å². The molecule has 1 aromatic heterocycles. The van der Waals surface area contributed by atoms with E-state index in [-0.39, 0.29) is 16.3 Å². The fraction of sp³-hybridized carbons (Fsp3) is 0.167. The number of nitrogens with one attached hydrogen (secondary N) is 1. The number of hydrogen-bond donors (Lipinski definition) is 1. The number of sulfone groups is 1. The number of halogens is 4. The Balaban J connectivity index is 1.88. The smallest absolute Gasteiger partial charge is 0.187 e. The van der Waals surface area contributed by atoms with Crippen molar-refractivity contribution < 1.29 is 17.2 Å². The molecule has 0 spiro atoms. The van der Waals surface area contributed by atoms with Gasteiger partial charge in [-0.05, 0) is 37.3 Å². The van der Waals surface area contributed by atoms with Crippen LogP contribution >= 0.6 is 34.5 Å². The lowest BCUT2D eigenvalue weighted by atomic mass is 10.1. The largest absolute Gasteiger partial charge is 0.377 e. The molecule has 0 saturated heterocycles. The highest BCUT2D eigenvalue weighted by Gasteiger charge is 2.24. The lowest BCUT2D eigenvalue weighted by Crippen LogP contribution is -2.11. The molecule has 1 N–H and O–H groups in total. The van der Waals surface area contributed by atoms with Gasteiger partial charge in [0.15, 0.2) is 9.84 Å². The number of nitrogens with zero attached hydrogens (tertiary/aromatic N) is 1. The highest BCUT2D eigenvalue weighted by Crippen LogP contribution is 2.33. The van der Waals surface area contributed by atoms with Crippen molar-refractivity contribution in [3.63, 3.8) is 0 Å². The topological polar surface area (TPSA) is 59.1 Å². The van der Waals surface area contributed by atoms with Crippen molar-refractivity contribution in [2.45, 2.75) is 23.6 Å². The SMILES string of the molecule is C[C@H](Nc1cc(F)c(S(=O)(=O)Cc2nccs2)cc1Cl)c1cc(Cl)ccc1F. The van der Waals surface area contributed by atoms with Gasteiger partial charge in [-0.2, -0.15) is 0 Å². The Kier molecular flexibility index (Phi) is 6.24. The van der Waals surface area contributed by atoms with E-state index in [1.54, 1.807) is 12.3 Å². The van der Waals surface area contributed by atoms with Crippen LogP contribution in [0.25, 0.3) is 0 Å². The fourth-order valence-corrected chi connectivity index (χ4v) is 5.41. The van der Waals surface area contributed by atoms with Crippen LogP contribution < -0.4 is 5.32 Å². The Morgan fingerprint density at radius 3 is 2.61 bits per heavy atom. The van der Waals surface area contributed by atoms with E-state index in [4.69, 9.17) is 23.2 Å². The van der Waals surface area contributed by atoms with Gasteiger partial charge >= 0.3 is 0 Å². The third-order valence-corrected chi connectivity index (χ3v) is 7.10. The van der Waals surface area contributed by atoms with E-state index in [9.17, 15) is 17.2 Å². The molecule has 0 amide bonds. The lowest BCUT2D eigenvalue weighted by Gasteiger charge is -2.18. The normalized spacial score (nSPS) is 12.8. The molecule has 0 aliphatic rings. The first-order valence-electron chi connectivity index (χ1n) is 7.99. The molecule has 1 heterocycles. The fourth-order valence-electron chi connectivity index (χ4n) is 2.60. The van der Waals surface area contributed by atoms with Gasteiger partial charge in [0, 0.05) is 22.2 Å². The van der Waals surface area contributed by atoms with Gasteiger partial charge in [-0.1, -0.05) is 23.2 Å². The molecule has 0 aliphatic heterocycles. The highest BCUT2D eigenvalue weighted by atomic mass is 35.5. The van der Waals surface area contributed by atoms with E-state index in [1.807, 2.05) is 0 Å². The Morgan fingerprint density at radius 1 is 1.18 bits per heavy atom.